The highest BCUT2D eigenvalue weighted by Crippen LogP contribution is 2.46. The Kier molecular flexibility index (Phi) is 13.2. The van der Waals surface area contributed by atoms with Crippen molar-refractivity contribution in [3.8, 4) is 28.7 Å². The minimum atomic E-state index is -1.93. The second kappa shape index (κ2) is 18.3. The van der Waals surface area contributed by atoms with Crippen molar-refractivity contribution in [2.75, 3.05) is 13.2 Å². The van der Waals surface area contributed by atoms with E-state index in [1.54, 1.807) is 12.1 Å². The molecule has 11 atom stereocenters. The van der Waals surface area contributed by atoms with Gasteiger partial charge in [-0.25, -0.2) is 4.79 Å². The Labute approximate surface area is 333 Å². The minimum Gasteiger partial charge on any atom is -0.508 e. The van der Waals surface area contributed by atoms with E-state index in [4.69, 9.17) is 38.3 Å². The van der Waals surface area contributed by atoms with Crippen LogP contribution >= 0.6 is 0 Å². The standard InChI is InChI=1S/C39H40O20/c40-19-6-1-17(2-7-19)3-10-29(45)53-15-26-31(47)34(50)36(52)39(59-26)57-25-13-22-23(55-37(25)18-4-8-20(41)9-5-18)11-21(42)12-24(22)56-38-35(51)33(49)32(48)27(58-38)16-54-30(46)14-28(43)44/h1-13,26-27,31-42,47-52H,14-16H2,(H,43,44). The second-order valence-corrected chi connectivity index (χ2v) is 13.6. The number of aromatic hydroxyl groups is 3. The first-order valence-corrected chi connectivity index (χ1v) is 17.9. The van der Waals surface area contributed by atoms with Crippen LogP contribution < -0.4 is 9.47 Å². The lowest BCUT2D eigenvalue weighted by Crippen LogP contribution is -2.60. The molecule has 316 valence electrons. The largest absolute Gasteiger partial charge is 0.508 e. The van der Waals surface area contributed by atoms with Crippen molar-refractivity contribution < 1.29 is 98.6 Å². The van der Waals surface area contributed by atoms with Gasteiger partial charge in [-0.3, -0.25) is 9.59 Å². The van der Waals surface area contributed by atoms with E-state index in [1.807, 2.05) is 0 Å². The lowest BCUT2D eigenvalue weighted by molar-refractivity contribution is -0.294. The van der Waals surface area contributed by atoms with E-state index in [0.29, 0.717) is 11.1 Å². The molecule has 0 amide bonds. The van der Waals surface area contributed by atoms with Crippen LogP contribution in [0.3, 0.4) is 0 Å². The van der Waals surface area contributed by atoms with Gasteiger partial charge in [-0.15, -0.1) is 0 Å². The number of phenols is 3. The van der Waals surface area contributed by atoms with Gasteiger partial charge in [0.05, 0.1) is 5.56 Å². The van der Waals surface area contributed by atoms with Crippen LogP contribution in [0.1, 0.15) is 29.2 Å². The van der Waals surface area contributed by atoms with Crippen LogP contribution in [0.5, 0.6) is 28.7 Å². The lowest BCUT2D eigenvalue weighted by atomic mass is 9.98. The van der Waals surface area contributed by atoms with Crippen LogP contribution in [-0.4, -0.2) is 144 Å². The van der Waals surface area contributed by atoms with Crippen LogP contribution in [0.15, 0.2) is 72.5 Å². The summed E-state index contributed by atoms with van der Waals surface area (Å²) in [4.78, 5) is 35.1. The molecule has 2 fully saturated rings. The maximum atomic E-state index is 12.5. The first kappa shape index (κ1) is 42.6. The molecule has 3 heterocycles. The fraction of sp³-hybridized carbons (Fsp3) is 0.359. The zero-order valence-corrected chi connectivity index (χ0v) is 30.5. The summed E-state index contributed by atoms with van der Waals surface area (Å²) in [6.45, 7) is -1.35. The fourth-order valence-electron chi connectivity index (χ4n) is 6.18. The third-order valence-electron chi connectivity index (χ3n) is 9.31. The fourth-order valence-corrected chi connectivity index (χ4v) is 6.18. The zero-order valence-electron chi connectivity index (χ0n) is 30.5. The molecule has 3 aliphatic rings. The molecule has 0 saturated carbocycles. The summed E-state index contributed by atoms with van der Waals surface area (Å²) < 4.78 is 39.6. The number of carboxylic acid groups (broad SMARTS) is 1. The molecule has 59 heavy (non-hydrogen) atoms. The number of esters is 2. The molecule has 20 nitrogen and oxygen atoms in total. The van der Waals surface area contributed by atoms with E-state index in [2.05, 4.69) is 0 Å². The highest BCUT2D eigenvalue weighted by molar-refractivity contribution is 5.90. The number of phenolic OH excluding ortho intramolecular Hbond substituents is 3. The van der Waals surface area contributed by atoms with Gasteiger partial charge in [-0.05, 0) is 42.0 Å². The number of hydrogen-bond acceptors (Lipinski definition) is 19. The molecule has 3 aromatic rings. The van der Waals surface area contributed by atoms with E-state index in [0.717, 1.165) is 12.1 Å². The highest BCUT2D eigenvalue weighted by Gasteiger charge is 2.48. The molecule has 3 aliphatic heterocycles. The maximum Gasteiger partial charge on any atom is 0.330 e. The molecule has 0 radical (unpaired) electrons. The van der Waals surface area contributed by atoms with Gasteiger partial charge in [0.15, 0.2) is 6.10 Å². The summed E-state index contributed by atoms with van der Waals surface area (Å²) in [6, 6.07) is 13.8. The smallest absolute Gasteiger partial charge is 0.330 e. The van der Waals surface area contributed by atoms with E-state index in [1.165, 1.54) is 54.6 Å². The summed E-state index contributed by atoms with van der Waals surface area (Å²) in [6.07, 6.45) is -16.2. The molecule has 0 aromatic heterocycles. The molecule has 20 heteroatoms. The average molecular weight is 829 g/mol. The highest BCUT2D eigenvalue weighted by atomic mass is 16.7. The number of aliphatic hydroxyl groups is 6. The van der Waals surface area contributed by atoms with Crippen LogP contribution in [0.2, 0.25) is 0 Å². The van der Waals surface area contributed by atoms with Gasteiger partial charge in [0, 0.05) is 23.8 Å². The van der Waals surface area contributed by atoms with Gasteiger partial charge in [0.2, 0.25) is 12.6 Å². The van der Waals surface area contributed by atoms with Gasteiger partial charge in [0.25, 0.3) is 0 Å². The average Bonchev–Trinajstić information content (AvgIpc) is 3.20. The Balaban J connectivity index is 1.25. The van der Waals surface area contributed by atoms with E-state index >= 15 is 0 Å². The monoisotopic (exact) mass is 828 g/mol. The third-order valence-corrected chi connectivity index (χ3v) is 9.31. The van der Waals surface area contributed by atoms with Gasteiger partial charge in [-0.1, -0.05) is 24.3 Å². The SMILES string of the molecule is O=C(O)CC(=O)OCC1OC(Oc2cc(O)cc3c2C=C(OC2OC(COC(=O)C=Cc4ccc(O)cc4)C(O)C(O)C2O)C(c2ccc(O)cc2)O3)C(O)C(O)C1O. The molecule has 0 aliphatic carbocycles. The molecule has 0 bridgehead atoms. The Morgan fingerprint density at radius 3 is 1.81 bits per heavy atom. The molecule has 6 rings (SSSR count). The Hall–Kier alpha value is -5.97. The van der Waals surface area contributed by atoms with Crippen molar-refractivity contribution >= 4 is 30.1 Å². The number of carbonyl (C=O) groups excluding carboxylic acids is 2. The molecule has 0 spiro atoms. The quantitative estimate of drug-likeness (QED) is 0.0593. The number of rotatable bonds is 13. The number of aliphatic carboxylic acids is 1. The normalized spacial score (nSPS) is 29.1. The first-order chi connectivity index (χ1) is 28.1. The van der Waals surface area contributed by atoms with Crippen LogP contribution in [0.4, 0.5) is 0 Å². The van der Waals surface area contributed by atoms with Gasteiger partial charge >= 0.3 is 17.9 Å². The number of benzene rings is 3. The number of carbonyl (C=O) groups is 3. The second-order valence-electron chi connectivity index (χ2n) is 13.6. The van der Waals surface area contributed by atoms with Gasteiger partial charge in [0.1, 0.15) is 103 Å². The number of aliphatic hydroxyl groups excluding tert-OH is 6. The zero-order chi connectivity index (χ0) is 42.5. The van der Waals surface area contributed by atoms with Crippen molar-refractivity contribution in [2.45, 2.75) is 73.9 Å². The van der Waals surface area contributed by atoms with Crippen molar-refractivity contribution in [1.82, 2.24) is 0 Å². The van der Waals surface area contributed by atoms with Crippen molar-refractivity contribution in [3.05, 3.63) is 89.2 Å². The summed E-state index contributed by atoms with van der Waals surface area (Å²) in [5.41, 5.74) is 0.925. The Bertz CT molecular complexity index is 2030. The minimum absolute atomic E-state index is 0.00505. The predicted octanol–water partition coefficient (Wildman–Crippen LogP) is -0.437. The van der Waals surface area contributed by atoms with Gasteiger partial charge < -0.3 is 84.2 Å². The summed E-state index contributed by atoms with van der Waals surface area (Å²) >= 11 is 0. The Morgan fingerprint density at radius 1 is 0.661 bits per heavy atom. The van der Waals surface area contributed by atoms with E-state index in [-0.39, 0.29) is 34.3 Å². The topological polar surface area (TPSA) is 318 Å². The van der Waals surface area contributed by atoms with Crippen molar-refractivity contribution in [3.63, 3.8) is 0 Å². The molecule has 10 N–H and O–H groups in total. The molecular weight excluding hydrogens is 788 g/mol. The van der Waals surface area contributed by atoms with E-state index in [9.17, 15) is 60.3 Å². The first-order valence-electron chi connectivity index (χ1n) is 17.9. The summed E-state index contributed by atoms with van der Waals surface area (Å²) in [5, 5.41) is 103. The summed E-state index contributed by atoms with van der Waals surface area (Å²) in [5.74, 6) is -4.48. The number of carboxylic acids is 1. The lowest BCUT2D eigenvalue weighted by Gasteiger charge is -2.41. The molecule has 2 saturated heterocycles. The molecule has 11 unspecified atom stereocenters. The van der Waals surface area contributed by atoms with Crippen LogP contribution in [-0.2, 0) is 38.1 Å². The number of fused-ring (bicyclic) bond motifs is 1. The maximum absolute atomic E-state index is 12.5. The van der Waals surface area contributed by atoms with Crippen molar-refractivity contribution in [1.29, 1.82) is 0 Å². The van der Waals surface area contributed by atoms with Crippen LogP contribution in [0, 0.1) is 0 Å². The van der Waals surface area contributed by atoms with Crippen LogP contribution in [0.25, 0.3) is 12.2 Å². The number of ether oxygens (including phenoxy) is 7. The summed E-state index contributed by atoms with van der Waals surface area (Å²) in [7, 11) is 0. The van der Waals surface area contributed by atoms with E-state index < -0.39 is 111 Å². The van der Waals surface area contributed by atoms with Gasteiger partial charge in [-0.2, -0.15) is 0 Å². The van der Waals surface area contributed by atoms with Crippen molar-refractivity contribution in [2.24, 2.45) is 0 Å². The predicted molar refractivity (Wildman–Crippen MR) is 194 cm³/mol. The molecular formula is C39H40O20. The number of hydrogen-bond donors (Lipinski definition) is 10. The third kappa shape index (κ3) is 10.2. The molecule has 3 aromatic carbocycles. The Morgan fingerprint density at radius 2 is 1.22 bits per heavy atom.